The van der Waals surface area contributed by atoms with E-state index < -0.39 is 0 Å². The molecule has 0 amide bonds. The van der Waals surface area contributed by atoms with Crippen LogP contribution in [0.5, 0.6) is 0 Å². The highest BCUT2D eigenvalue weighted by Crippen LogP contribution is 2.41. The summed E-state index contributed by atoms with van der Waals surface area (Å²) in [7, 11) is 0. The minimum atomic E-state index is 0.589. The van der Waals surface area contributed by atoms with Crippen molar-refractivity contribution < 1.29 is 0 Å². The van der Waals surface area contributed by atoms with E-state index >= 15 is 0 Å². The van der Waals surface area contributed by atoms with Crippen LogP contribution in [-0.4, -0.2) is 13.7 Å². The fourth-order valence-corrected chi connectivity index (χ4v) is 8.75. The monoisotopic (exact) mass is 699 g/mol. The summed E-state index contributed by atoms with van der Waals surface area (Å²) in [5, 5.41) is 27.3. The molecule has 3 aromatic heterocycles. The third kappa shape index (κ3) is 4.45. The molecule has 0 saturated carbocycles. The Balaban J connectivity index is 1.17. The molecule has 0 saturated heterocycles. The van der Waals surface area contributed by atoms with Crippen molar-refractivity contribution in [2.75, 3.05) is 0 Å². The van der Waals surface area contributed by atoms with Crippen molar-refractivity contribution in [3.8, 4) is 40.3 Å². The maximum atomic E-state index is 10.7. The highest BCUT2D eigenvalue weighted by molar-refractivity contribution is 6.15. The molecule has 0 unspecified atom stereocenters. The number of aromatic nitrogens is 3. The number of para-hydroxylation sites is 5. The Morgan fingerprint density at radius 1 is 0.345 bits per heavy atom. The fourth-order valence-electron chi connectivity index (χ4n) is 8.75. The Morgan fingerprint density at radius 2 is 0.891 bits per heavy atom. The van der Waals surface area contributed by atoms with E-state index in [1.54, 1.807) is 0 Å². The molecule has 0 spiro atoms. The average molecular weight is 700 g/mol. The number of nitriles is 2. The molecular weight excluding hydrogens is 671 g/mol. The van der Waals surface area contributed by atoms with Crippen molar-refractivity contribution in [2.45, 2.75) is 0 Å². The predicted molar refractivity (Wildman–Crippen MR) is 224 cm³/mol. The van der Waals surface area contributed by atoms with E-state index in [1.165, 1.54) is 10.8 Å². The first-order chi connectivity index (χ1) is 27.2. The molecule has 0 N–H and O–H groups in total. The molecule has 0 aliphatic heterocycles. The van der Waals surface area contributed by atoms with Gasteiger partial charge in [-0.15, -0.1) is 0 Å². The zero-order chi connectivity index (χ0) is 36.6. The van der Waals surface area contributed by atoms with E-state index in [4.69, 9.17) is 0 Å². The van der Waals surface area contributed by atoms with E-state index in [0.29, 0.717) is 11.1 Å². The van der Waals surface area contributed by atoms with Crippen molar-refractivity contribution in [2.24, 2.45) is 0 Å². The third-order valence-electron chi connectivity index (χ3n) is 11.1. The van der Waals surface area contributed by atoms with Gasteiger partial charge >= 0.3 is 0 Å². The van der Waals surface area contributed by atoms with Crippen LogP contribution in [-0.2, 0) is 0 Å². The second kappa shape index (κ2) is 11.8. The lowest BCUT2D eigenvalue weighted by molar-refractivity contribution is 1.12. The first kappa shape index (κ1) is 30.7. The number of nitrogens with zero attached hydrogens (tertiary/aromatic N) is 5. The maximum Gasteiger partial charge on any atom is 0.101 e. The van der Waals surface area contributed by atoms with E-state index in [9.17, 15) is 10.5 Å². The smallest absolute Gasteiger partial charge is 0.101 e. The molecule has 0 fully saturated rings. The van der Waals surface area contributed by atoms with E-state index in [1.807, 2.05) is 30.3 Å². The minimum absolute atomic E-state index is 0.589. The Labute approximate surface area is 316 Å². The van der Waals surface area contributed by atoms with Crippen LogP contribution in [0.4, 0.5) is 0 Å². The summed E-state index contributed by atoms with van der Waals surface area (Å²) in [4.78, 5) is 0. The van der Waals surface area contributed by atoms with E-state index in [-0.39, 0.29) is 0 Å². The molecule has 11 rings (SSSR count). The molecule has 8 aromatic carbocycles. The molecule has 5 heteroatoms. The van der Waals surface area contributed by atoms with Crippen LogP contribution >= 0.6 is 0 Å². The van der Waals surface area contributed by atoms with Crippen LogP contribution in [0, 0.1) is 22.7 Å². The van der Waals surface area contributed by atoms with Crippen molar-refractivity contribution >= 4 is 65.4 Å². The molecule has 5 nitrogen and oxygen atoms in total. The van der Waals surface area contributed by atoms with Gasteiger partial charge in [-0.1, -0.05) is 109 Å². The molecule has 0 bridgehead atoms. The lowest BCUT2D eigenvalue weighted by Crippen LogP contribution is -2.03. The molecule has 55 heavy (non-hydrogen) atoms. The summed E-state index contributed by atoms with van der Waals surface area (Å²) in [6.45, 7) is 0. The lowest BCUT2D eigenvalue weighted by atomic mass is 10.0. The normalized spacial score (nSPS) is 11.6. The second-order valence-electron chi connectivity index (χ2n) is 14.0. The van der Waals surface area contributed by atoms with Crippen LogP contribution < -0.4 is 0 Å². The minimum Gasteiger partial charge on any atom is -0.309 e. The number of benzene rings is 8. The molecule has 11 aromatic rings. The topological polar surface area (TPSA) is 62.4 Å². The van der Waals surface area contributed by atoms with Crippen molar-refractivity contribution in [1.82, 2.24) is 13.7 Å². The Kier molecular flexibility index (Phi) is 6.61. The lowest BCUT2D eigenvalue weighted by Gasteiger charge is -2.16. The quantitative estimate of drug-likeness (QED) is 0.184. The summed E-state index contributed by atoms with van der Waals surface area (Å²) in [5.41, 5.74) is 12.5. The van der Waals surface area contributed by atoms with Crippen molar-refractivity contribution in [3.63, 3.8) is 0 Å². The molecule has 0 atom stereocenters. The largest absolute Gasteiger partial charge is 0.309 e. The zero-order valence-corrected chi connectivity index (χ0v) is 29.5. The molecule has 254 valence electrons. The van der Waals surface area contributed by atoms with E-state index in [0.717, 1.165) is 82.8 Å². The van der Waals surface area contributed by atoms with Crippen LogP contribution in [0.15, 0.2) is 176 Å². The van der Waals surface area contributed by atoms with Crippen LogP contribution in [0.1, 0.15) is 11.1 Å². The average Bonchev–Trinajstić information content (AvgIpc) is 3.89. The summed E-state index contributed by atoms with van der Waals surface area (Å²) in [5.74, 6) is 0. The Morgan fingerprint density at radius 3 is 1.55 bits per heavy atom. The summed E-state index contributed by atoms with van der Waals surface area (Å²) >= 11 is 0. The summed E-state index contributed by atoms with van der Waals surface area (Å²) < 4.78 is 6.89. The summed E-state index contributed by atoms with van der Waals surface area (Å²) in [6, 6.07) is 65.9. The number of hydrogen-bond donors (Lipinski definition) is 0. The predicted octanol–water partition coefficient (Wildman–Crippen LogP) is 12.4. The van der Waals surface area contributed by atoms with Crippen molar-refractivity contribution in [3.05, 3.63) is 187 Å². The first-order valence-corrected chi connectivity index (χ1v) is 18.3. The molecule has 0 aliphatic carbocycles. The van der Waals surface area contributed by atoms with Crippen LogP contribution in [0.3, 0.4) is 0 Å². The highest BCUT2D eigenvalue weighted by Gasteiger charge is 2.22. The zero-order valence-electron chi connectivity index (χ0n) is 29.5. The van der Waals surface area contributed by atoms with Gasteiger partial charge in [-0.05, 0) is 77.9 Å². The maximum absolute atomic E-state index is 10.7. The SMILES string of the molecule is N#Cc1ccc2c3ccccc3n(-c3cccc(-c4ccc(C#N)c(-n5c6ccccc6c6cccc(-n7c8ccccc8c8ccccc87)c65)c4)c3)c2c1. The molecule has 3 heterocycles. The van der Waals surface area contributed by atoms with Crippen LogP contribution in [0.25, 0.3) is 93.6 Å². The first-order valence-electron chi connectivity index (χ1n) is 18.3. The van der Waals surface area contributed by atoms with Gasteiger partial charge in [-0.25, -0.2) is 0 Å². The molecule has 0 aliphatic rings. The third-order valence-corrected chi connectivity index (χ3v) is 11.1. The number of rotatable bonds is 4. The van der Waals surface area contributed by atoms with Gasteiger partial charge in [-0.3, -0.25) is 0 Å². The molecule has 0 radical (unpaired) electrons. The Bertz CT molecular complexity index is 3420. The van der Waals surface area contributed by atoms with Gasteiger partial charge < -0.3 is 13.7 Å². The second-order valence-corrected chi connectivity index (χ2v) is 14.0. The van der Waals surface area contributed by atoms with Crippen molar-refractivity contribution in [1.29, 1.82) is 10.5 Å². The van der Waals surface area contributed by atoms with Gasteiger partial charge in [-0.2, -0.15) is 10.5 Å². The van der Waals surface area contributed by atoms with Gasteiger partial charge in [0.2, 0.25) is 0 Å². The van der Waals surface area contributed by atoms with Gasteiger partial charge in [0.25, 0.3) is 0 Å². The van der Waals surface area contributed by atoms with Gasteiger partial charge in [0.05, 0.1) is 61.7 Å². The van der Waals surface area contributed by atoms with Gasteiger partial charge in [0, 0.05) is 38.0 Å². The van der Waals surface area contributed by atoms with Gasteiger partial charge in [0.15, 0.2) is 0 Å². The van der Waals surface area contributed by atoms with Crippen LogP contribution in [0.2, 0.25) is 0 Å². The Hall–Kier alpha value is -7.86. The number of fused-ring (bicyclic) bond motifs is 9. The number of hydrogen-bond acceptors (Lipinski definition) is 2. The molecular formula is C50H29N5. The summed E-state index contributed by atoms with van der Waals surface area (Å²) in [6.07, 6.45) is 0. The van der Waals surface area contributed by atoms with E-state index in [2.05, 4.69) is 171 Å². The standard InChI is InChI=1S/C50H29N5/c51-30-32-23-26-41-39-15-1-5-18-43(39)53(49(41)27-32)36-12-9-11-33(28-36)34-24-25-35(31-52)48(29-34)55-46-21-8-4-16-40(46)42-17-10-22-47(50(42)55)54-44-19-6-2-13-37(44)38-14-3-7-20-45(38)54/h1-29H. The fraction of sp³-hybridized carbons (Fsp3) is 0. The highest BCUT2D eigenvalue weighted by atomic mass is 15.1. The van der Waals surface area contributed by atoms with Gasteiger partial charge in [0.1, 0.15) is 6.07 Å².